The number of amides is 1. The molecule has 152 valence electrons. The van der Waals surface area contributed by atoms with Crippen molar-refractivity contribution < 1.29 is 14.7 Å². The smallest absolute Gasteiger partial charge is 0.303 e. The first-order chi connectivity index (χ1) is 14.1. The average Bonchev–Trinajstić information content (AvgIpc) is 2.75. The van der Waals surface area contributed by atoms with Gasteiger partial charge in [0, 0.05) is 12.1 Å². The minimum Gasteiger partial charge on any atom is -0.481 e. The van der Waals surface area contributed by atoms with Gasteiger partial charge in [0.2, 0.25) is 5.91 Å². The molecule has 1 atom stereocenters. The molecule has 2 N–H and O–H groups in total. The normalized spacial score (nSPS) is 11.3. The van der Waals surface area contributed by atoms with Crippen molar-refractivity contribution in [2.45, 2.75) is 46.0 Å². The summed E-state index contributed by atoms with van der Waals surface area (Å²) in [6.45, 7) is 5.91. The van der Waals surface area contributed by atoms with Crippen LogP contribution in [0, 0.1) is 0 Å². The van der Waals surface area contributed by atoms with E-state index in [2.05, 4.69) is 5.32 Å². The molecular weight excluding hydrogens is 362 g/mol. The third-order valence-electron chi connectivity index (χ3n) is 4.80. The molecule has 3 aromatic rings. The minimum absolute atomic E-state index is 0.0722. The highest BCUT2D eigenvalue weighted by Gasteiger charge is 2.18. The van der Waals surface area contributed by atoms with Crippen molar-refractivity contribution in [2.75, 3.05) is 5.32 Å². The fourth-order valence-corrected chi connectivity index (χ4v) is 3.30. The van der Waals surface area contributed by atoms with Crippen molar-refractivity contribution in [3.8, 4) is 0 Å². The number of rotatable bonds is 7. The SMILES string of the molecule is CC.CC(C(=O)Nc1ccccc1CCCC(=O)O)c1cccc2ccccc12. The number of para-hydroxylation sites is 1. The molecule has 3 aromatic carbocycles. The topological polar surface area (TPSA) is 66.4 Å². The zero-order valence-electron chi connectivity index (χ0n) is 17.3. The molecule has 0 aliphatic rings. The van der Waals surface area contributed by atoms with Gasteiger partial charge in [0.05, 0.1) is 5.92 Å². The Bertz CT molecular complexity index is 960. The number of hydrogen-bond donors (Lipinski definition) is 2. The van der Waals surface area contributed by atoms with Crippen LogP contribution in [0.5, 0.6) is 0 Å². The predicted molar refractivity (Wildman–Crippen MR) is 119 cm³/mol. The Balaban J connectivity index is 0.00000145. The number of anilines is 1. The Morgan fingerprint density at radius 2 is 1.59 bits per heavy atom. The van der Waals surface area contributed by atoms with Gasteiger partial charge in [-0.25, -0.2) is 0 Å². The number of benzene rings is 3. The largest absolute Gasteiger partial charge is 0.481 e. The van der Waals surface area contributed by atoms with Crippen LogP contribution in [0.3, 0.4) is 0 Å². The lowest BCUT2D eigenvalue weighted by Crippen LogP contribution is -2.20. The van der Waals surface area contributed by atoms with Crippen molar-refractivity contribution in [1.29, 1.82) is 0 Å². The van der Waals surface area contributed by atoms with Crippen molar-refractivity contribution in [1.82, 2.24) is 0 Å². The second kappa shape index (κ2) is 11.0. The standard InChI is InChI=1S/C23H23NO3.C2H6/c1-16(19-13-6-10-17-8-2-4-12-20(17)19)23(27)24-21-14-5-3-9-18(21)11-7-15-22(25)26;1-2/h2-6,8-10,12-14,16H,7,11,15H2,1H3,(H,24,27)(H,25,26);1-2H3. The van der Waals surface area contributed by atoms with Crippen LogP contribution in [-0.4, -0.2) is 17.0 Å². The Morgan fingerprint density at radius 1 is 0.931 bits per heavy atom. The summed E-state index contributed by atoms with van der Waals surface area (Å²) in [6.07, 6.45) is 1.28. The van der Waals surface area contributed by atoms with Crippen molar-refractivity contribution >= 4 is 28.3 Å². The van der Waals surface area contributed by atoms with Gasteiger partial charge in [0.25, 0.3) is 0 Å². The molecular formula is C25H29NO3. The molecule has 1 amide bonds. The molecule has 4 nitrogen and oxygen atoms in total. The summed E-state index contributed by atoms with van der Waals surface area (Å²) in [5.74, 6) is -1.18. The molecule has 0 aliphatic carbocycles. The molecule has 0 aromatic heterocycles. The van der Waals surface area contributed by atoms with Crippen molar-refractivity contribution in [3.05, 3.63) is 77.9 Å². The lowest BCUT2D eigenvalue weighted by atomic mass is 9.94. The summed E-state index contributed by atoms with van der Waals surface area (Å²) in [5, 5.41) is 14.0. The highest BCUT2D eigenvalue weighted by Crippen LogP contribution is 2.27. The predicted octanol–water partition coefficient (Wildman–Crippen LogP) is 6.02. The van der Waals surface area contributed by atoms with Gasteiger partial charge >= 0.3 is 5.97 Å². The zero-order chi connectivity index (χ0) is 21.2. The summed E-state index contributed by atoms with van der Waals surface area (Å²) in [6, 6.07) is 21.6. The lowest BCUT2D eigenvalue weighted by Gasteiger charge is -2.17. The fraction of sp³-hybridized carbons (Fsp3) is 0.280. The van der Waals surface area contributed by atoms with Gasteiger partial charge < -0.3 is 10.4 Å². The van der Waals surface area contributed by atoms with E-state index < -0.39 is 5.97 Å². The Kier molecular flexibility index (Phi) is 8.41. The molecule has 3 rings (SSSR count). The molecule has 0 fully saturated rings. The highest BCUT2D eigenvalue weighted by atomic mass is 16.4. The number of aliphatic carboxylic acids is 1. The number of carbonyl (C=O) groups is 2. The fourth-order valence-electron chi connectivity index (χ4n) is 3.30. The molecule has 29 heavy (non-hydrogen) atoms. The Labute approximate surface area is 172 Å². The van der Waals surface area contributed by atoms with Crippen LogP contribution in [0.15, 0.2) is 66.7 Å². The van der Waals surface area contributed by atoms with Gasteiger partial charge in [-0.1, -0.05) is 74.5 Å². The number of hydrogen-bond acceptors (Lipinski definition) is 2. The van der Waals surface area contributed by atoms with Crippen LogP contribution < -0.4 is 5.32 Å². The third kappa shape index (κ3) is 5.92. The number of fused-ring (bicyclic) bond motifs is 1. The molecule has 4 heteroatoms. The maximum Gasteiger partial charge on any atom is 0.303 e. The molecule has 0 heterocycles. The Morgan fingerprint density at radius 3 is 2.34 bits per heavy atom. The van der Waals surface area contributed by atoms with Crippen LogP contribution in [-0.2, 0) is 16.0 Å². The van der Waals surface area contributed by atoms with E-state index in [9.17, 15) is 9.59 Å². The molecule has 0 saturated heterocycles. The summed E-state index contributed by atoms with van der Waals surface area (Å²) >= 11 is 0. The van der Waals surface area contributed by atoms with E-state index in [4.69, 9.17) is 5.11 Å². The molecule has 0 aliphatic heterocycles. The van der Waals surface area contributed by atoms with Crippen LogP contribution in [0.1, 0.15) is 50.7 Å². The average molecular weight is 392 g/mol. The molecule has 0 radical (unpaired) electrons. The zero-order valence-corrected chi connectivity index (χ0v) is 17.3. The highest BCUT2D eigenvalue weighted by molar-refractivity contribution is 5.99. The Hall–Kier alpha value is -3.14. The second-order valence-electron chi connectivity index (χ2n) is 6.68. The van der Waals surface area contributed by atoms with E-state index in [1.807, 2.05) is 87.5 Å². The van der Waals surface area contributed by atoms with E-state index in [0.29, 0.717) is 12.8 Å². The van der Waals surface area contributed by atoms with Crippen molar-refractivity contribution in [3.63, 3.8) is 0 Å². The van der Waals surface area contributed by atoms with E-state index in [1.165, 1.54) is 0 Å². The minimum atomic E-state index is -0.805. The second-order valence-corrected chi connectivity index (χ2v) is 6.68. The van der Waals surface area contributed by atoms with E-state index in [0.717, 1.165) is 27.6 Å². The van der Waals surface area contributed by atoms with Crippen LogP contribution in [0.25, 0.3) is 10.8 Å². The lowest BCUT2D eigenvalue weighted by molar-refractivity contribution is -0.137. The first kappa shape index (κ1) is 22.2. The summed E-state index contributed by atoms with van der Waals surface area (Å²) in [4.78, 5) is 23.6. The quantitative estimate of drug-likeness (QED) is 0.518. The van der Waals surface area contributed by atoms with Gasteiger partial charge in [-0.3, -0.25) is 9.59 Å². The summed E-state index contributed by atoms with van der Waals surface area (Å²) in [7, 11) is 0. The van der Waals surface area contributed by atoms with Gasteiger partial charge in [0.1, 0.15) is 0 Å². The van der Waals surface area contributed by atoms with Crippen LogP contribution in [0.4, 0.5) is 5.69 Å². The summed E-state index contributed by atoms with van der Waals surface area (Å²) in [5.41, 5.74) is 2.70. The third-order valence-corrected chi connectivity index (χ3v) is 4.80. The van der Waals surface area contributed by atoms with Crippen LogP contribution in [0.2, 0.25) is 0 Å². The number of carboxylic acid groups (broad SMARTS) is 1. The molecule has 0 bridgehead atoms. The van der Waals surface area contributed by atoms with Gasteiger partial charge in [-0.05, 0) is 47.7 Å². The summed E-state index contributed by atoms with van der Waals surface area (Å²) < 4.78 is 0. The maximum absolute atomic E-state index is 12.9. The van der Waals surface area contributed by atoms with E-state index >= 15 is 0 Å². The molecule has 0 saturated carbocycles. The monoisotopic (exact) mass is 391 g/mol. The van der Waals surface area contributed by atoms with E-state index in [-0.39, 0.29) is 18.2 Å². The van der Waals surface area contributed by atoms with Crippen LogP contribution >= 0.6 is 0 Å². The molecule has 1 unspecified atom stereocenters. The maximum atomic E-state index is 12.9. The first-order valence-corrected chi connectivity index (χ1v) is 10.1. The number of nitrogens with one attached hydrogen (secondary N) is 1. The number of aryl methyl sites for hydroxylation is 1. The van der Waals surface area contributed by atoms with Gasteiger partial charge in [-0.2, -0.15) is 0 Å². The molecule has 0 spiro atoms. The first-order valence-electron chi connectivity index (χ1n) is 10.1. The van der Waals surface area contributed by atoms with Crippen molar-refractivity contribution in [2.24, 2.45) is 0 Å². The number of carbonyl (C=O) groups excluding carboxylic acids is 1. The van der Waals surface area contributed by atoms with Gasteiger partial charge in [-0.15, -0.1) is 0 Å². The van der Waals surface area contributed by atoms with Gasteiger partial charge in [0.15, 0.2) is 0 Å². The van der Waals surface area contributed by atoms with E-state index in [1.54, 1.807) is 0 Å². The number of carboxylic acids is 1.